The van der Waals surface area contributed by atoms with Gasteiger partial charge in [0.15, 0.2) is 0 Å². The molecule has 0 aliphatic heterocycles. The zero-order valence-electron chi connectivity index (χ0n) is 16.2. The lowest BCUT2D eigenvalue weighted by molar-refractivity contribution is 0.399. The van der Waals surface area contributed by atoms with E-state index in [4.69, 9.17) is 14.2 Å². The highest BCUT2D eigenvalue weighted by molar-refractivity contribution is 5.88. The summed E-state index contributed by atoms with van der Waals surface area (Å²) >= 11 is 0. The van der Waals surface area contributed by atoms with Crippen LogP contribution in [0.3, 0.4) is 0 Å². The van der Waals surface area contributed by atoms with Gasteiger partial charge in [0.05, 0.1) is 33.1 Å². The van der Waals surface area contributed by atoms with Gasteiger partial charge >= 0.3 is 0 Å². The lowest BCUT2D eigenvalue weighted by Gasteiger charge is -2.18. The summed E-state index contributed by atoms with van der Waals surface area (Å²) in [5.41, 5.74) is 5.25. The summed E-state index contributed by atoms with van der Waals surface area (Å²) in [5.74, 6) is 2.20. The summed E-state index contributed by atoms with van der Waals surface area (Å²) in [6.45, 7) is 2.16. The molecule has 0 saturated heterocycles. The fraction of sp³-hybridized carbons (Fsp3) is 0.261. The van der Waals surface area contributed by atoms with E-state index < -0.39 is 0 Å². The number of hydrogen-bond donors (Lipinski definition) is 0. The molecule has 0 unspecified atom stereocenters. The van der Waals surface area contributed by atoms with Gasteiger partial charge in [0.25, 0.3) is 0 Å². The lowest BCUT2D eigenvalue weighted by atomic mass is 9.90. The zero-order valence-corrected chi connectivity index (χ0v) is 16.2. The van der Waals surface area contributed by atoms with Gasteiger partial charge < -0.3 is 14.2 Å². The van der Waals surface area contributed by atoms with Crippen LogP contribution in [-0.4, -0.2) is 26.3 Å². The summed E-state index contributed by atoms with van der Waals surface area (Å²) in [5, 5.41) is 0. The van der Waals surface area contributed by atoms with Crippen LogP contribution in [-0.2, 0) is 6.42 Å². The Morgan fingerprint density at radius 3 is 1.70 bits per heavy atom. The number of rotatable bonds is 7. The molecule has 1 heterocycles. The molecule has 0 aliphatic rings. The number of methoxy groups -OCH3 is 3. The zero-order chi connectivity index (χ0) is 19.2. The maximum Gasteiger partial charge on any atom is 0.222 e. The molecule has 3 aromatic rings. The van der Waals surface area contributed by atoms with Crippen molar-refractivity contribution in [2.75, 3.05) is 21.3 Å². The van der Waals surface area contributed by atoms with Crippen molar-refractivity contribution in [1.82, 2.24) is 4.98 Å². The first-order valence-corrected chi connectivity index (χ1v) is 8.99. The molecule has 4 nitrogen and oxygen atoms in total. The molecular formula is C23H24NO3. The Morgan fingerprint density at radius 1 is 0.741 bits per heavy atom. The van der Waals surface area contributed by atoms with Gasteiger partial charge in [0, 0.05) is 5.56 Å². The van der Waals surface area contributed by atoms with E-state index >= 15 is 0 Å². The Labute approximate surface area is 160 Å². The first-order valence-electron chi connectivity index (χ1n) is 8.99. The third-order valence-corrected chi connectivity index (χ3v) is 4.51. The molecule has 3 rings (SSSR count). The Morgan fingerprint density at radius 2 is 1.26 bits per heavy atom. The largest absolute Gasteiger partial charge is 0.497 e. The first-order chi connectivity index (χ1) is 13.2. The Balaban J connectivity index is 2.25. The molecule has 0 aliphatic carbocycles. The first kappa shape index (κ1) is 18.8. The summed E-state index contributed by atoms with van der Waals surface area (Å²) in [7, 11) is 4.97. The maximum atomic E-state index is 5.60. The van der Waals surface area contributed by atoms with Gasteiger partial charge in [-0.2, -0.15) is 0 Å². The molecule has 0 atom stereocenters. The highest BCUT2D eigenvalue weighted by Crippen LogP contribution is 2.41. The van der Waals surface area contributed by atoms with Crippen molar-refractivity contribution in [3.63, 3.8) is 0 Å². The third-order valence-electron chi connectivity index (χ3n) is 4.51. The van der Waals surface area contributed by atoms with Crippen molar-refractivity contribution >= 4 is 0 Å². The van der Waals surface area contributed by atoms with Crippen LogP contribution in [0, 0.1) is 6.20 Å². The van der Waals surface area contributed by atoms with E-state index in [1.165, 1.54) is 0 Å². The Hall–Kier alpha value is -3.01. The highest BCUT2D eigenvalue weighted by atomic mass is 16.5. The quantitative estimate of drug-likeness (QED) is 0.580. The van der Waals surface area contributed by atoms with Crippen LogP contribution in [0.2, 0.25) is 0 Å². The van der Waals surface area contributed by atoms with Crippen molar-refractivity contribution in [2.45, 2.75) is 19.8 Å². The van der Waals surface area contributed by atoms with E-state index in [1.54, 1.807) is 21.3 Å². The van der Waals surface area contributed by atoms with Crippen LogP contribution in [0.5, 0.6) is 17.4 Å². The van der Waals surface area contributed by atoms with Crippen LogP contribution in [0.25, 0.3) is 22.3 Å². The van der Waals surface area contributed by atoms with E-state index in [1.807, 2.05) is 36.4 Å². The number of aryl methyl sites for hydroxylation is 1. The fourth-order valence-corrected chi connectivity index (χ4v) is 3.17. The monoisotopic (exact) mass is 362 g/mol. The molecule has 0 spiro atoms. The van der Waals surface area contributed by atoms with Gasteiger partial charge in [-0.15, -0.1) is 0 Å². The molecule has 0 amide bonds. The highest BCUT2D eigenvalue weighted by Gasteiger charge is 2.19. The molecule has 0 fully saturated rings. The molecule has 0 N–H and O–H groups in total. The van der Waals surface area contributed by atoms with E-state index in [9.17, 15) is 0 Å². The summed E-state index contributed by atoms with van der Waals surface area (Å²) in [6.07, 6.45) is 5.09. The van der Waals surface area contributed by atoms with Crippen LogP contribution < -0.4 is 14.2 Å². The smallest absolute Gasteiger partial charge is 0.222 e. The van der Waals surface area contributed by atoms with Gasteiger partial charge in [-0.3, -0.25) is 0 Å². The average molecular weight is 362 g/mol. The van der Waals surface area contributed by atoms with Crippen LogP contribution >= 0.6 is 0 Å². The topological polar surface area (TPSA) is 40.6 Å². The van der Waals surface area contributed by atoms with E-state index in [0.29, 0.717) is 5.88 Å². The Bertz CT molecular complexity index is 887. The van der Waals surface area contributed by atoms with E-state index in [-0.39, 0.29) is 0 Å². The summed E-state index contributed by atoms with van der Waals surface area (Å²) in [6, 6.07) is 16.0. The minimum absolute atomic E-state index is 0.561. The predicted molar refractivity (Wildman–Crippen MR) is 108 cm³/mol. The maximum absolute atomic E-state index is 5.60. The molecule has 4 heteroatoms. The van der Waals surface area contributed by atoms with Crippen molar-refractivity contribution in [3.05, 3.63) is 60.3 Å². The average Bonchev–Trinajstić information content (AvgIpc) is 2.74. The van der Waals surface area contributed by atoms with Gasteiger partial charge in [-0.05, 0) is 47.4 Å². The number of benzene rings is 2. The second-order valence-corrected chi connectivity index (χ2v) is 6.17. The number of ether oxygens (including phenoxy) is 3. The second-order valence-electron chi connectivity index (χ2n) is 6.17. The number of pyridine rings is 1. The lowest BCUT2D eigenvalue weighted by Crippen LogP contribution is -2.00. The van der Waals surface area contributed by atoms with Crippen molar-refractivity contribution in [3.8, 4) is 39.6 Å². The summed E-state index contributed by atoms with van der Waals surface area (Å²) < 4.78 is 16.2. The van der Waals surface area contributed by atoms with Gasteiger partial charge in [0.1, 0.15) is 11.5 Å². The van der Waals surface area contributed by atoms with Crippen LogP contribution in [0.4, 0.5) is 0 Å². The molecule has 2 aromatic carbocycles. The number of nitrogens with zero attached hydrogens (tertiary/aromatic N) is 1. The van der Waals surface area contributed by atoms with Crippen molar-refractivity contribution < 1.29 is 14.2 Å². The molecule has 0 saturated carbocycles. The molecule has 139 valence electrons. The molecule has 27 heavy (non-hydrogen) atoms. The molecule has 1 aromatic heterocycles. The van der Waals surface area contributed by atoms with E-state index in [2.05, 4.69) is 30.2 Å². The summed E-state index contributed by atoms with van der Waals surface area (Å²) in [4.78, 5) is 4.45. The van der Waals surface area contributed by atoms with Gasteiger partial charge in [0.2, 0.25) is 5.88 Å². The fourth-order valence-electron chi connectivity index (χ4n) is 3.17. The number of aromatic nitrogens is 1. The molecule has 1 radical (unpaired) electrons. The predicted octanol–water partition coefficient (Wildman–Crippen LogP) is 5.19. The SMILES string of the molecule is CCCc1[c]nc(OC)c(-c2ccc(OC)cc2)c1-c1ccc(OC)cc1. The third kappa shape index (κ3) is 3.90. The second kappa shape index (κ2) is 8.58. The van der Waals surface area contributed by atoms with Crippen LogP contribution in [0.1, 0.15) is 18.9 Å². The standard InChI is InChI=1S/C23H24NO3/c1-5-6-18-15-24-23(27-4)22(17-9-13-20(26-3)14-10-17)21(18)16-7-11-19(25-2)12-8-16/h7-14H,5-6H2,1-4H3. The van der Waals surface area contributed by atoms with Crippen molar-refractivity contribution in [1.29, 1.82) is 0 Å². The van der Waals surface area contributed by atoms with Gasteiger partial charge in [-0.25, -0.2) is 4.98 Å². The minimum atomic E-state index is 0.561. The molecular weight excluding hydrogens is 338 g/mol. The minimum Gasteiger partial charge on any atom is -0.497 e. The number of hydrogen-bond acceptors (Lipinski definition) is 4. The van der Waals surface area contributed by atoms with Gasteiger partial charge in [-0.1, -0.05) is 37.6 Å². The van der Waals surface area contributed by atoms with E-state index in [0.717, 1.165) is 52.2 Å². The van der Waals surface area contributed by atoms with Crippen LogP contribution in [0.15, 0.2) is 48.5 Å². The Kier molecular flexibility index (Phi) is 5.97. The van der Waals surface area contributed by atoms with Crippen molar-refractivity contribution in [2.24, 2.45) is 0 Å². The normalized spacial score (nSPS) is 10.5. The molecule has 0 bridgehead atoms.